The summed E-state index contributed by atoms with van der Waals surface area (Å²) in [4.78, 5) is 0. The quantitative estimate of drug-likeness (QED) is 0.887. The Hall–Kier alpha value is -2.24. The fourth-order valence-corrected chi connectivity index (χ4v) is 1.69. The largest absolute Gasteiger partial charge is 0.497 e. The Balaban J connectivity index is 0.000000224. The molecular formula is C17H22O5. The van der Waals surface area contributed by atoms with Crippen molar-refractivity contribution in [3.63, 3.8) is 0 Å². The van der Waals surface area contributed by atoms with Crippen LogP contribution in [0.25, 0.3) is 0 Å². The molecule has 120 valence electrons. The Bertz CT molecular complexity index is 473. The van der Waals surface area contributed by atoms with E-state index in [1.165, 1.54) is 0 Å². The number of benzene rings is 2. The zero-order valence-corrected chi connectivity index (χ0v) is 13.1. The van der Waals surface area contributed by atoms with Gasteiger partial charge in [0.05, 0.1) is 34.5 Å². The molecule has 0 heterocycles. The summed E-state index contributed by atoms with van der Waals surface area (Å²) in [6, 6.07) is 12.6. The van der Waals surface area contributed by atoms with Crippen LogP contribution >= 0.6 is 0 Å². The first-order chi connectivity index (χ1) is 10.7. The number of methoxy groups -OCH3 is 3. The van der Waals surface area contributed by atoms with Gasteiger partial charge in [-0.3, -0.25) is 0 Å². The van der Waals surface area contributed by atoms with Crippen molar-refractivity contribution in [1.29, 1.82) is 0 Å². The molecule has 2 rings (SSSR count). The van der Waals surface area contributed by atoms with E-state index in [1.807, 2.05) is 24.3 Å². The third-order valence-corrected chi connectivity index (χ3v) is 2.94. The highest BCUT2D eigenvalue weighted by Gasteiger charge is 1.99. The van der Waals surface area contributed by atoms with E-state index < -0.39 is 0 Å². The molecule has 0 aliphatic rings. The van der Waals surface area contributed by atoms with Crippen LogP contribution in [0.15, 0.2) is 42.5 Å². The molecule has 0 unspecified atom stereocenters. The molecule has 0 radical (unpaired) electrons. The molecule has 0 amide bonds. The Kier molecular flexibility index (Phi) is 7.81. The predicted molar refractivity (Wildman–Crippen MR) is 84.4 cm³/mol. The van der Waals surface area contributed by atoms with Gasteiger partial charge in [0.15, 0.2) is 0 Å². The summed E-state index contributed by atoms with van der Waals surface area (Å²) in [7, 11) is 4.78. The number of aliphatic hydroxyl groups excluding tert-OH is 2. The molecule has 0 saturated heterocycles. The number of rotatable bonds is 5. The molecule has 0 aromatic heterocycles. The topological polar surface area (TPSA) is 68.2 Å². The normalized spacial score (nSPS) is 9.50. The first kappa shape index (κ1) is 17.8. The van der Waals surface area contributed by atoms with Gasteiger partial charge < -0.3 is 24.4 Å². The van der Waals surface area contributed by atoms with Crippen molar-refractivity contribution < 1.29 is 24.4 Å². The fourth-order valence-electron chi connectivity index (χ4n) is 1.69. The lowest BCUT2D eigenvalue weighted by molar-refractivity contribution is 0.280. The van der Waals surface area contributed by atoms with Crippen molar-refractivity contribution in [2.45, 2.75) is 13.2 Å². The molecule has 0 saturated carbocycles. The number of hydrogen-bond acceptors (Lipinski definition) is 5. The third kappa shape index (κ3) is 5.63. The molecule has 0 fully saturated rings. The summed E-state index contributed by atoms with van der Waals surface area (Å²) in [5.74, 6) is 2.20. The fraction of sp³-hybridized carbons (Fsp3) is 0.294. The minimum atomic E-state index is -0.00639. The summed E-state index contributed by atoms with van der Waals surface area (Å²) >= 11 is 0. The summed E-state index contributed by atoms with van der Waals surface area (Å²) in [6.07, 6.45) is 0. The van der Waals surface area contributed by atoms with Gasteiger partial charge >= 0.3 is 0 Å². The lowest BCUT2D eigenvalue weighted by Gasteiger charge is -2.05. The van der Waals surface area contributed by atoms with Crippen LogP contribution in [0.3, 0.4) is 0 Å². The highest BCUT2D eigenvalue weighted by molar-refractivity contribution is 5.38. The van der Waals surface area contributed by atoms with E-state index in [9.17, 15) is 0 Å². The van der Waals surface area contributed by atoms with Crippen LogP contribution in [0, 0.1) is 0 Å². The van der Waals surface area contributed by atoms with Crippen LogP contribution in [0.2, 0.25) is 0 Å². The molecule has 2 aromatic carbocycles. The van der Waals surface area contributed by atoms with E-state index in [0.29, 0.717) is 11.5 Å². The molecule has 5 heteroatoms. The van der Waals surface area contributed by atoms with Gasteiger partial charge in [-0.2, -0.15) is 0 Å². The molecule has 2 N–H and O–H groups in total. The van der Waals surface area contributed by atoms with Crippen LogP contribution in [-0.2, 0) is 13.2 Å². The number of aliphatic hydroxyl groups is 2. The van der Waals surface area contributed by atoms with Gasteiger partial charge in [-0.1, -0.05) is 12.1 Å². The summed E-state index contributed by atoms with van der Waals surface area (Å²) in [5, 5.41) is 17.5. The summed E-state index contributed by atoms with van der Waals surface area (Å²) in [6.45, 7) is 0.0809. The average Bonchev–Trinajstić information content (AvgIpc) is 2.61. The Labute approximate surface area is 130 Å². The van der Waals surface area contributed by atoms with Crippen LogP contribution in [0.1, 0.15) is 11.1 Å². The van der Waals surface area contributed by atoms with E-state index in [4.69, 9.17) is 24.4 Å². The summed E-state index contributed by atoms with van der Waals surface area (Å²) in [5.41, 5.74) is 1.69. The number of ether oxygens (including phenoxy) is 3. The smallest absolute Gasteiger partial charge is 0.122 e. The first-order valence-electron chi connectivity index (χ1n) is 6.73. The van der Waals surface area contributed by atoms with Gasteiger partial charge in [0.25, 0.3) is 0 Å². The molecular weight excluding hydrogens is 284 g/mol. The maximum Gasteiger partial charge on any atom is 0.122 e. The van der Waals surface area contributed by atoms with Gasteiger partial charge in [-0.05, 0) is 35.4 Å². The van der Waals surface area contributed by atoms with Crippen LogP contribution in [0.4, 0.5) is 0 Å². The van der Waals surface area contributed by atoms with Crippen LogP contribution in [-0.4, -0.2) is 31.5 Å². The first-order valence-corrected chi connectivity index (χ1v) is 6.73. The van der Waals surface area contributed by atoms with Crippen molar-refractivity contribution >= 4 is 0 Å². The lowest BCUT2D eigenvalue weighted by Crippen LogP contribution is -1.90. The summed E-state index contributed by atoms with van der Waals surface area (Å²) < 4.78 is 14.9. The van der Waals surface area contributed by atoms with Crippen molar-refractivity contribution in [2.24, 2.45) is 0 Å². The van der Waals surface area contributed by atoms with Crippen LogP contribution in [0.5, 0.6) is 17.2 Å². The van der Waals surface area contributed by atoms with Crippen molar-refractivity contribution in [2.75, 3.05) is 21.3 Å². The van der Waals surface area contributed by atoms with Gasteiger partial charge in [0, 0.05) is 6.07 Å². The zero-order chi connectivity index (χ0) is 16.4. The maximum atomic E-state index is 8.87. The van der Waals surface area contributed by atoms with E-state index in [-0.39, 0.29) is 13.2 Å². The molecule has 0 spiro atoms. The SMILES string of the molecule is COc1cc(CO)cc(OC)c1.COc1ccc(CO)cc1. The van der Waals surface area contributed by atoms with Gasteiger partial charge in [-0.25, -0.2) is 0 Å². The monoisotopic (exact) mass is 306 g/mol. The molecule has 0 atom stereocenters. The highest BCUT2D eigenvalue weighted by atomic mass is 16.5. The van der Waals surface area contributed by atoms with E-state index in [2.05, 4.69) is 0 Å². The van der Waals surface area contributed by atoms with Gasteiger partial charge in [0.1, 0.15) is 17.2 Å². The number of hydrogen-bond donors (Lipinski definition) is 2. The molecule has 5 nitrogen and oxygen atoms in total. The minimum absolute atomic E-state index is 0.00639. The maximum absolute atomic E-state index is 8.87. The second kappa shape index (κ2) is 9.65. The molecule has 22 heavy (non-hydrogen) atoms. The predicted octanol–water partition coefficient (Wildman–Crippen LogP) is 2.38. The van der Waals surface area contributed by atoms with E-state index >= 15 is 0 Å². The van der Waals surface area contributed by atoms with Gasteiger partial charge in [-0.15, -0.1) is 0 Å². The van der Waals surface area contributed by atoms with E-state index in [1.54, 1.807) is 39.5 Å². The molecule has 2 aromatic rings. The lowest BCUT2D eigenvalue weighted by atomic mass is 10.2. The molecule has 0 aliphatic carbocycles. The second-order valence-corrected chi connectivity index (χ2v) is 4.39. The standard InChI is InChI=1S/C9H12O3.C8H10O2/c1-11-8-3-7(6-10)4-9(5-8)12-2;1-10-8-4-2-7(6-9)3-5-8/h3-5,10H,6H2,1-2H3;2-5,9H,6H2,1H3. The Morgan fingerprint density at radius 1 is 0.636 bits per heavy atom. The van der Waals surface area contributed by atoms with Crippen molar-refractivity contribution in [3.05, 3.63) is 53.6 Å². The van der Waals surface area contributed by atoms with Crippen LogP contribution < -0.4 is 14.2 Å². The van der Waals surface area contributed by atoms with Crippen molar-refractivity contribution in [3.8, 4) is 17.2 Å². The minimum Gasteiger partial charge on any atom is -0.497 e. The second-order valence-electron chi connectivity index (χ2n) is 4.39. The molecule has 0 aliphatic heterocycles. The Morgan fingerprint density at radius 3 is 1.45 bits per heavy atom. The van der Waals surface area contributed by atoms with Gasteiger partial charge in [0.2, 0.25) is 0 Å². The highest BCUT2D eigenvalue weighted by Crippen LogP contribution is 2.22. The Morgan fingerprint density at radius 2 is 1.09 bits per heavy atom. The zero-order valence-electron chi connectivity index (χ0n) is 13.1. The van der Waals surface area contributed by atoms with E-state index in [0.717, 1.165) is 16.9 Å². The average molecular weight is 306 g/mol. The molecule has 0 bridgehead atoms. The third-order valence-electron chi connectivity index (χ3n) is 2.94. The van der Waals surface area contributed by atoms with Crippen molar-refractivity contribution in [1.82, 2.24) is 0 Å².